The summed E-state index contributed by atoms with van der Waals surface area (Å²) in [7, 11) is 0. The fraction of sp³-hybridized carbons (Fsp3) is 0.280. The number of benzene rings is 3. The molecule has 2 N–H and O–H groups in total. The van der Waals surface area contributed by atoms with Gasteiger partial charge in [0, 0.05) is 30.4 Å². The van der Waals surface area contributed by atoms with Gasteiger partial charge in [0.15, 0.2) is 0 Å². The van der Waals surface area contributed by atoms with Gasteiger partial charge in [-0.15, -0.1) is 0 Å². The highest BCUT2D eigenvalue weighted by Gasteiger charge is 2.27. The summed E-state index contributed by atoms with van der Waals surface area (Å²) in [5.74, 6) is -0.592. The Balaban J connectivity index is 1.28. The fourth-order valence-electron chi connectivity index (χ4n) is 3.98. The molecule has 0 aromatic heterocycles. The van der Waals surface area contributed by atoms with Crippen LogP contribution in [0.2, 0.25) is 0 Å². The average molecular weight is 420 g/mol. The second-order valence-corrected chi connectivity index (χ2v) is 8.02. The smallest absolute Gasteiger partial charge is 0.251 e. The van der Waals surface area contributed by atoms with Crippen molar-refractivity contribution in [2.75, 3.05) is 18.4 Å². The Labute approximate surface area is 181 Å². The molecule has 1 unspecified atom stereocenters. The van der Waals surface area contributed by atoms with Crippen molar-refractivity contribution in [1.82, 2.24) is 10.2 Å². The molecule has 2 amide bonds. The van der Waals surface area contributed by atoms with Crippen LogP contribution in [0.4, 0.5) is 10.1 Å². The maximum Gasteiger partial charge on any atom is 0.251 e. The number of halogens is 1. The second kappa shape index (κ2) is 9.27. The van der Waals surface area contributed by atoms with Gasteiger partial charge < -0.3 is 10.6 Å². The molecule has 1 heterocycles. The van der Waals surface area contributed by atoms with Crippen LogP contribution in [0.15, 0.2) is 66.7 Å². The van der Waals surface area contributed by atoms with E-state index in [1.54, 1.807) is 0 Å². The largest absolute Gasteiger partial charge is 0.349 e. The molecule has 6 heteroatoms. The Hall–Kier alpha value is -3.25. The summed E-state index contributed by atoms with van der Waals surface area (Å²) in [4.78, 5) is 27.2. The second-order valence-electron chi connectivity index (χ2n) is 8.02. The Morgan fingerprint density at radius 2 is 1.65 bits per heavy atom. The first kappa shape index (κ1) is 21.0. The van der Waals surface area contributed by atoms with E-state index in [-0.39, 0.29) is 29.7 Å². The molecule has 3 aromatic rings. The third kappa shape index (κ3) is 5.09. The van der Waals surface area contributed by atoms with Gasteiger partial charge >= 0.3 is 0 Å². The predicted octanol–water partition coefficient (Wildman–Crippen LogP) is 4.20. The van der Waals surface area contributed by atoms with Crippen molar-refractivity contribution in [2.45, 2.75) is 31.8 Å². The number of hydrogen-bond acceptors (Lipinski definition) is 3. The zero-order valence-electron chi connectivity index (χ0n) is 17.5. The number of hydrogen-bond donors (Lipinski definition) is 2. The highest BCUT2D eigenvalue weighted by molar-refractivity contribution is 5.97. The first-order valence-electron chi connectivity index (χ1n) is 10.6. The van der Waals surface area contributed by atoms with Crippen LogP contribution in [0.5, 0.6) is 0 Å². The van der Waals surface area contributed by atoms with Crippen LogP contribution in [0.3, 0.4) is 0 Å². The fourth-order valence-corrected chi connectivity index (χ4v) is 3.98. The lowest BCUT2D eigenvalue weighted by atomic mass is 10.0. The number of nitrogens with one attached hydrogen (secondary N) is 2. The Morgan fingerprint density at radius 3 is 2.35 bits per heavy atom. The van der Waals surface area contributed by atoms with E-state index >= 15 is 0 Å². The lowest BCUT2D eigenvalue weighted by molar-refractivity contribution is -0.121. The van der Waals surface area contributed by atoms with Gasteiger partial charge in [-0.25, -0.2) is 4.39 Å². The highest BCUT2D eigenvalue weighted by atomic mass is 19.1. The van der Waals surface area contributed by atoms with E-state index in [4.69, 9.17) is 0 Å². The maximum atomic E-state index is 13.0. The van der Waals surface area contributed by atoms with E-state index in [1.807, 2.05) is 49.4 Å². The predicted molar refractivity (Wildman–Crippen MR) is 121 cm³/mol. The van der Waals surface area contributed by atoms with Crippen LogP contribution in [0.25, 0.3) is 10.8 Å². The molecule has 1 aliphatic heterocycles. The number of carbonyl (C=O) groups is 2. The Morgan fingerprint density at radius 1 is 0.968 bits per heavy atom. The number of anilines is 1. The number of rotatable bonds is 5. The topological polar surface area (TPSA) is 61.4 Å². The minimum atomic E-state index is -0.360. The molecular formula is C25H26FN3O2. The van der Waals surface area contributed by atoms with Crippen molar-refractivity contribution in [3.8, 4) is 0 Å². The molecular weight excluding hydrogens is 393 g/mol. The van der Waals surface area contributed by atoms with Crippen LogP contribution in [-0.4, -0.2) is 41.9 Å². The molecule has 0 saturated carbocycles. The van der Waals surface area contributed by atoms with Gasteiger partial charge in [-0.1, -0.05) is 30.3 Å². The summed E-state index contributed by atoms with van der Waals surface area (Å²) < 4.78 is 13.0. The molecule has 0 radical (unpaired) electrons. The number of fused-ring (bicyclic) bond motifs is 1. The van der Waals surface area contributed by atoms with E-state index in [2.05, 4.69) is 15.5 Å². The molecule has 0 aliphatic carbocycles. The van der Waals surface area contributed by atoms with Gasteiger partial charge in [0.05, 0.1) is 6.04 Å². The molecule has 3 aromatic carbocycles. The third-order valence-electron chi connectivity index (χ3n) is 5.92. The number of carbonyl (C=O) groups excluding carboxylic acids is 2. The van der Waals surface area contributed by atoms with Crippen molar-refractivity contribution in [3.63, 3.8) is 0 Å². The average Bonchev–Trinajstić information content (AvgIpc) is 2.79. The molecule has 5 nitrogen and oxygen atoms in total. The molecule has 31 heavy (non-hydrogen) atoms. The van der Waals surface area contributed by atoms with E-state index in [9.17, 15) is 14.0 Å². The summed E-state index contributed by atoms with van der Waals surface area (Å²) in [5, 5.41) is 8.26. The summed E-state index contributed by atoms with van der Waals surface area (Å²) >= 11 is 0. The zero-order chi connectivity index (χ0) is 21.8. The minimum absolute atomic E-state index is 0.0379. The standard InChI is InChI=1S/C25H26FN3O2/c1-17(24(30)28-23-11-8-18-4-2-3-5-20(18)16-23)29-14-12-22(13-15-29)27-25(31)19-6-9-21(26)10-7-19/h2-11,16-17,22H,12-15H2,1H3,(H,27,31)(H,28,30). The molecule has 160 valence electrons. The third-order valence-corrected chi connectivity index (χ3v) is 5.92. The van der Waals surface area contributed by atoms with Gasteiger partial charge in [0.2, 0.25) is 5.91 Å². The van der Waals surface area contributed by atoms with E-state index in [0.717, 1.165) is 42.4 Å². The molecule has 1 fully saturated rings. The monoisotopic (exact) mass is 419 g/mol. The van der Waals surface area contributed by atoms with Crippen molar-refractivity contribution in [3.05, 3.63) is 78.1 Å². The Bertz CT molecular complexity index is 1080. The van der Waals surface area contributed by atoms with Gasteiger partial charge in [-0.3, -0.25) is 14.5 Å². The van der Waals surface area contributed by atoms with Crippen molar-refractivity contribution < 1.29 is 14.0 Å². The van der Waals surface area contributed by atoms with Gasteiger partial charge in [0.25, 0.3) is 5.91 Å². The molecule has 1 atom stereocenters. The van der Waals surface area contributed by atoms with Crippen molar-refractivity contribution in [2.24, 2.45) is 0 Å². The summed E-state index contributed by atoms with van der Waals surface area (Å²) in [6.45, 7) is 3.36. The van der Waals surface area contributed by atoms with Crippen LogP contribution in [-0.2, 0) is 4.79 Å². The molecule has 1 aliphatic rings. The highest BCUT2D eigenvalue weighted by Crippen LogP contribution is 2.20. The maximum absolute atomic E-state index is 13.0. The molecule has 4 rings (SSSR count). The van der Waals surface area contributed by atoms with Gasteiger partial charge in [0.1, 0.15) is 5.82 Å². The van der Waals surface area contributed by atoms with Crippen LogP contribution >= 0.6 is 0 Å². The first-order chi connectivity index (χ1) is 15.0. The first-order valence-corrected chi connectivity index (χ1v) is 10.6. The lowest BCUT2D eigenvalue weighted by Crippen LogP contribution is -2.50. The summed E-state index contributed by atoms with van der Waals surface area (Å²) in [6.07, 6.45) is 1.53. The van der Waals surface area contributed by atoms with E-state index in [1.165, 1.54) is 24.3 Å². The van der Waals surface area contributed by atoms with Gasteiger partial charge in [-0.05, 0) is 66.9 Å². The van der Waals surface area contributed by atoms with Crippen LogP contribution in [0.1, 0.15) is 30.1 Å². The summed E-state index contributed by atoms with van der Waals surface area (Å²) in [5.41, 5.74) is 1.24. The lowest BCUT2D eigenvalue weighted by Gasteiger charge is -2.35. The van der Waals surface area contributed by atoms with Gasteiger partial charge in [-0.2, -0.15) is 0 Å². The normalized spacial score (nSPS) is 16.1. The zero-order valence-corrected chi connectivity index (χ0v) is 17.5. The van der Waals surface area contributed by atoms with Crippen LogP contribution in [0, 0.1) is 5.82 Å². The number of amides is 2. The quantitative estimate of drug-likeness (QED) is 0.652. The molecule has 0 spiro atoms. The van der Waals surface area contributed by atoms with E-state index < -0.39 is 0 Å². The molecule has 0 bridgehead atoms. The SMILES string of the molecule is CC(C(=O)Nc1ccc2ccccc2c1)N1CCC(NC(=O)c2ccc(F)cc2)CC1. The summed E-state index contributed by atoms with van der Waals surface area (Å²) in [6, 6.07) is 19.3. The number of piperidine rings is 1. The minimum Gasteiger partial charge on any atom is -0.349 e. The number of nitrogens with zero attached hydrogens (tertiary/aromatic N) is 1. The van der Waals surface area contributed by atoms with Crippen LogP contribution < -0.4 is 10.6 Å². The number of likely N-dealkylation sites (tertiary alicyclic amines) is 1. The van der Waals surface area contributed by atoms with Crippen molar-refractivity contribution >= 4 is 28.3 Å². The van der Waals surface area contributed by atoms with E-state index in [0.29, 0.717) is 5.56 Å². The molecule has 1 saturated heterocycles. The Kier molecular flexibility index (Phi) is 6.28. The van der Waals surface area contributed by atoms with Crippen molar-refractivity contribution in [1.29, 1.82) is 0 Å².